The van der Waals surface area contributed by atoms with Crippen molar-refractivity contribution in [3.63, 3.8) is 0 Å². The van der Waals surface area contributed by atoms with E-state index in [2.05, 4.69) is 22.5 Å². The number of phenolic OH excluding ortho intramolecular Hbond substituents is 1. The van der Waals surface area contributed by atoms with Gasteiger partial charge >= 0.3 is 6.03 Å². The van der Waals surface area contributed by atoms with Crippen LogP contribution in [0, 0.1) is 5.92 Å². The minimum Gasteiger partial charge on any atom is -0.508 e. The molecule has 0 bridgehead atoms. The van der Waals surface area contributed by atoms with Gasteiger partial charge in [0.05, 0.1) is 0 Å². The molecule has 0 unspecified atom stereocenters. The number of phenols is 1. The average Bonchev–Trinajstić information content (AvgIpc) is 2.45. The summed E-state index contributed by atoms with van der Waals surface area (Å²) >= 11 is 0. The quantitative estimate of drug-likeness (QED) is 0.782. The van der Waals surface area contributed by atoms with Crippen molar-refractivity contribution < 1.29 is 9.90 Å². The number of amides is 2. The third-order valence-corrected chi connectivity index (χ3v) is 4.01. The van der Waals surface area contributed by atoms with Crippen LogP contribution in [0.4, 0.5) is 4.79 Å². The van der Waals surface area contributed by atoms with Gasteiger partial charge in [-0.3, -0.25) is 0 Å². The first-order valence-corrected chi connectivity index (χ1v) is 8.07. The first kappa shape index (κ1) is 16.6. The maximum absolute atomic E-state index is 11.9. The number of urea groups is 1. The first-order valence-electron chi connectivity index (χ1n) is 8.07. The van der Waals surface area contributed by atoms with Gasteiger partial charge in [-0.1, -0.05) is 19.1 Å². The third-order valence-electron chi connectivity index (χ3n) is 4.01. The molecule has 2 rings (SSSR count). The van der Waals surface area contributed by atoms with E-state index in [4.69, 9.17) is 0 Å². The number of hydrogen-bond acceptors (Lipinski definition) is 3. The fraction of sp³-hybridized carbons (Fsp3) is 0.588. The molecule has 1 aromatic carbocycles. The Balaban J connectivity index is 1.69. The van der Waals surface area contributed by atoms with E-state index in [1.165, 1.54) is 12.8 Å². The molecule has 1 heterocycles. The molecule has 5 heteroatoms. The second-order valence-electron chi connectivity index (χ2n) is 6.40. The van der Waals surface area contributed by atoms with Crippen LogP contribution in [-0.2, 0) is 6.54 Å². The van der Waals surface area contributed by atoms with Gasteiger partial charge in [-0.25, -0.2) is 4.79 Å². The predicted molar refractivity (Wildman–Crippen MR) is 87.8 cm³/mol. The van der Waals surface area contributed by atoms with Crippen molar-refractivity contribution in [1.29, 1.82) is 0 Å². The van der Waals surface area contributed by atoms with Crippen LogP contribution in [0.3, 0.4) is 0 Å². The molecule has 2 atom stereocenters. The summed E-state index contributed by atoms with van der Waals surface area (Å²) in [6, 6.07) is 6.86. The number of nitrogens with zero attached hydrogens (tertiary/aromatic N) is 1. The van der Waals surface area contributed by atoms with Gasteiger partial charge < -0.3 is 20.6 Å². The zero-order valence-corrected chi connectivity index (χ0v) is 13.5. The Bertz CT molecular complexity index is 493. The lowest BCUT2D eigenvalue weighted by Crippen LogP contribution is -2.47. The Kier molecular flexibility index (Phi) is 6.07. The largest absolute Gasteiger partial charge is 0.508 e. The second-order valence-corrected chi connectivity index (χ2v) is 6.40. The van der Waals surface area contributed by atoms with Crippen LogP contribution in [0.15, 0.2) is 24.3 Å². The predicted octanol–water partition coefficient (Wildman–Crippen LogP) is 2.31. The molecule has 1 fully saturated rings. The minimum atomic E-state index is -0.166. The summed E-state index contributed by atoms with van der Waals surface area (Å²) < 4.78 is 0. The van der Waals surface area contributed by atoms with Gasteiger partial charge in [0.2, 0.25) is 0 Å². The SMILES string of the molecule is C[C@H]1CCCN(C[C@H](C)NC(=O)NCc2cccc(O)c2)C1. The minimum absolute atomic E-state index is 0.120. The van der Waals surface area contributed by atoms with E-state index in [1.54, 1.807) is 18.2 Å². The van der Waals surface area contributed by atoms with Crippen LogP contribution < -0.4 is 10.6 Å². The molecular formula is C17H27N3O2. The molecule has 0 radical (unpaired) electrons. The highest BCUT2D eigenvalue weighted by Gasteiger charge is 2.18. The van der Waals surface area contributed by atoms with Crippen molar-refractivity contribution in [3.05, 3.63) is 29.8 Å². The van der Waals surface area contributed by atoms with Crippen molar-refractivity contribution in [2.45, 2.75) is 39.3 Å². The highest BCUT2D eigenvalue weighted by atomic mass is 16.3. The highest BCUT2D eigenvalue weighted by molar-refractivity contribution is 5.74. The van der Waals surface area contributed by atoms with E-state index in [0.29, 0.717) is 6.54 Å². The molecule has 0 saturated carbocycles. The fourth-order valence-electron chi connectivity index (χ4n) is 3.01. The van der Waals surface area contributed by atoms with Crippen molar-refractivity contribution in [3.8, 4) is 5.75 Å². The van der Waals surface area contributed by atoms with E-state index in [9.17, 15) is 9.90 Å². The number of nitrogens with one attached hydrogen (secondary N) is 2. The lowest BCUT2D eigenvalue weighted by molar-refractivity contribution is 0.169. The van der Waals surface area contributed by atoms with E-state index in [0.717, 1.165) is 31.1 Å². The number of carbonyl (C=O) groups is 1. The summed E-state index contributed by atoms with van der Waals surface area (Å²) in [5.74, 6) is 0.966. The number of benzene rings is 1. The van der Waals surface area contributed by atoms with Gasteiger partial charge in [-0.15, -0.1) is 0 Å². The molecule has 1 aliphatic heterocycles. The third kappa shape index (κ3) is 5.56. The van der Waals surface area contributed by atoms with Crippen LogP contribution in [0.25, 0.3) is 0 Å². The summed E-state index contributed by atoms with van der Waals surface area (Å²) in [4.78, 5) is 14.3. The monoisotopic (exact) mass is 305 g/mol. The Morgan fingerprint density at radius 1 is 1.50 bits per heavy atom. The topological polar surface area (TPSA) is 64.6 Å². The van der Waals surface area contributed by atoms with Gasteiger partial charge in [0, 0.05) is 25.7 Å². The van der Waals surface area contributed by atoms with E-state index < -0.39 is 0 Å². The van der Waals surface area contributed by atoms with Gasteiger partial charge in [-0.05, 0) is 49.9 Å². The van der Waals surface area contributed by atoms with Gasteiger partial charge in [0.25, 0.3) is 0 Å². The molecule has 0 spiro atoms. The van der Waals surface area contributed by atoms with Crippen LogP contribution in [-0.4, -0.2) is 41.7 Å². The van der Waals surface area contributed by atoms with Crippen LogP contribution >= 0.6 is 0 Å². The maximum Gasteiger partial charge on any atom is 0.315 e. The molecule has 0 aromatic heterocycles. The molecule has 122 valence electrons. The molecule has 22 heavy (non-hydrogen) atoms. The molecule has 0 aliphatic carbocycles. The van der Waals surface area contributed by atoms with Gasteiger partial charge in [-0.2, -0.15) is 0 Å². The number of piperidine rings is 1. The van der Waals surface area contributed by atoms with Crippen molar-refractivity contribution in [2.75, 3.05) is 19.6 Å². The van der Waals surface area contributed by atoms with E-state index in [-0.39, 0.29) is 17.8 Å². The normalized spacial score (nSPS) is 20.4. The van der Waals surface area contributed by atoms with Gasteiger partial charge in [0.15, 0.2) is 0 Å². The lowest BCUT2D eigenvalue weighted by atomic mass is 10.00. The number of aromatic hydroxyl groups is 1. The summed E-state index contributed by atoms with van der Waals surface area (Å²) in [5, 5.41) is 15.2. The van der Waals surface area contributed by atoms with Crippen molar-refractivity contribution >= 4 is 6.03 Å². The molecular weight excluding hydrogens is 278 g/mol. The first-order chi connectivity index (χ1) is 10.5. The summed E-state index contributed by atoms with van der Waals surface area (Å²) in [7, 11) is 0. The fourth-order valence-corrected chi connectivity index (χ4v) is 3.01. The van der Waals surface area contributed by atoms with Crippen LogP contribution in [0.5, 0.6) is 5.75 Å². The number of rotatable bonds is 5. The second kappa shape index (κ2) is 8.03. The van der Waals surface area contributed by atoms with E-state index in [1.807, 2.05) is 13.0 Å². The van der Waals surface area contributed by atoms with Gasteiger partial charge in [0.1, 0.15) is 5.75 Å². The molecule has 3 N–H and O–H groups in total. The smallest absolute Gasteiger partial charge is 0.315 e. The standard InChI is InChI=1S/C17H27N3O2/c1-13-5-4-8-20(11-13)12-14(2)19-17(22)18-10-15-6-3-7-16(21)9-15/h3,6-7,9,13-14,21H,4-5,8,10-12H2,1-2H3,(H2,18,19,22)/t13-,14-/m0/s1. The Morgan fingerprint density at radius 3 is 3.05 bits per heavy atom. The molecule has 1 saturated heterocycles. The zero-order chi connectivity index (χ0) is 15.9. The maximum atomic E-state index is 11.9. The Hall–Kier alpha value is -1.75. The summed E-state index contributed by atoms with van der Waals surface area (Å²) in [5.41, 5.74) is 0.882. The number of carbonyl (C=O) groups excluding carboxylic acids is 1. The summed E-state index contributed by atoms with van der Waals surface area (Å²) in [6.07, 6.45) is 2.56. The molecule has 1 aliphatic rings. The van der Waals surface area contributed by atoms with Crippen molar-refractivity contribution in [2.24, 2.45) is 5.92 Å². The van der Waals surface area contributed by atoms with Crippen LogP contribution in [0.2, 0.25) is 0 Å². The molecule has 2 amide bonds. The molecule has 5 nitrogen and oxygen atoms in total. The molecule has 1 aromatic rings. The van der Waals surface area contributed by atoms with E-state index >= 15 is 0 Å². The summed E-state index contributed by atoms with van der Waals surface area (Å²) in [6.45, 7) is 7.87. The Labute approximate surface area is 132 Å². The highest BCUT2D eigenvalue weighted by Crippen LogP contribution is 2.15. The Morgan fingerprint density at radius 2 is 2.32 bits per heavy atom. The number of likely N-dealkylation sites (tertiary alicyclic amines) is 1. The zero-order valence-electron chi connectivity index (χ0n) is 13.5. The van der Waals surface area contributed by atoms with Crippen LogP contribution in [0.1, 0.15) is 32.3 Å². The lowest BCUT2D eigenvalue weighted by Gasteiger charge is -2.32. The number of hydrogen-bond donors (Lipinski definition) is 3. The van der Waals surface area contributed by atoms with Crippen molar-refractivity contribution in [1.82, 2.24) is 15.5 Å². The average molecular weight is 305 g/mol.